The minimum absolute atomic E-state index is 0.0230. The summed E-state index contributed by atoms with van der Waals surface area (Å²) in [5, 5.41) is 6.55. The molecule has 0 saturated carbocycles. The van der Waals surface area contributed by atoms with Crippen molar-refractivity contribution in [2.75, 3.05) is 32.9 Å². The van der Waals surface area contributed by atoms with Crippen LogP contribution in [0.3, 0.4) is 0 Å². The van der Waals surface area contributed by atoms with E-state index in [1.807, 2.05) is 76.2 Å². The first kappa shape index (κ1) is 48.9. The van der Waals surface area contributed by atoms with Gasteiger partial charge in [0.2, 0.25) is 0 Å². The molecule has 2 N–H and O–H groups in total. The molecule has 1 heterocycles. The molecule has 0 aromatic heterocycles. The predicted molar refractivity (Wildman–Crippen MR) is 210 cm³/mol. The maximum absolute atomic E-state index is 14.5. The lowest BCUT2D eigenvalue weighted by Crippen LogP contribution is -2.50. The minimum Gasteiger partial charge on any atom is -0.466 e. The fraction of sp³-hybridized carbons (Fsp3) is 0.905. The molecule has 0 aromatic carbocycles. The van der Waals surface area contributed by atoms with E-state index < -0.39 is 47.0 Å². The molecule has 1 fully saturated rings. The lowest BCUT2D eigenvalue weighted by molar-refractivity contribution is -0.167. The number of carbonyl (C=O) groups excluding carboxylic acids is 4. The van der Waals surface area contributed by atoms with E-state index in [0.717, 1.165) is 32.1 Å². The first-order valence-electron chi connectivity index (χ1n) is 20.0. The van der Waals surface area contributed by atoms with Crippen LogP contribution in [0, 0.1) is 23.2 Å². The summed E-state index contributed by atoms with van der Waals surface area (Å²) in [4.78, 5) is 54.4. The van der Waals surface area contributed by atoms with Gasteiger partial charge in [-0.1, -0.05) is 33.6 Å². The van der Waals surface area contributed by atoms with Crippen LogP contribution >= 0.6 is 0 Å². The molecule has 0 bridgehead atoms. The molecule has 0 aromatic rings. The van der Waals surface area contributed by atoms with Gasteiger partial charge in [-0.05, 0) is 127 Å². The van der Waals surface area contributed by atoms with Gasteiger partial charge in [0.1, 0.15) is 18.0 Å². The summed E-state index contributed by atoms with van der Waals surface area (Å²) in [7, 11) is 0. The van der Waals surface area contributed by atoms with Gasteiger partial charge in [-0.15, -0.1) is 0 Å². The molecule has 310 valence electrons. The molecule has 53 heavy (non-hydrogen) atoms. The zero-order valence-corrected chi connectivity index (χ0v) is 36.3. The van der Waals surface area contributed by atoms with Crippen LogP contribution in [0.5, 0.6) is 0 Å². The van der Waals surface area contributed by atoms with Crippen LogP contribution in [0.2, 0.25) is 0 Å². The van der Waals surface area contributed by atoms with Crippen molar-refractivity contribution in [3.05, 3.63) is 0 Å². The van der Waals surface area contributed by atoms with E-state index >= 15 is 0 Å². The van der Waals surface area contributed by atoms with Crippen LogP contribution < -0.4 is 10.6 Å². The van der Waals surface area contributed by atoms with Crippen LogP contribution in [-0.4, -0.2) is 91.1 Å². The van der Waals surface area contributed by atoms with Crippen molar-refractivity contribution in [3.8, 4) is 0 Å². The molecule has 1 rings (SSSR count). The lowest BCUT2D eigenvalue weighted by Gasteiger charge is -2.38. The fourth-order valence-electron chi connectivity index (χ4n) is 6.39. The lowest BCUT2D eigenvalue weighted by atomic mass is 9.72. The Morgan fingerprint density at radius 1 is 0.736 bits per heavy atom. The number of esters is 3. The van der Waals surface area contributed by atoms with E-state index in [1.165, 1.54) is 0 Å². The van der Waals surface area contributed by atoms with E-state index in [4.69, 9.17) is 23.7 Å². The number of hydrogen-bond acceptors (Lipinski definition) is 11. The smallest absolute Gasteiger partial charge is 0.320 e. The Labute approximate surface area is 322 Å². The van der Waals surface area contributed by atoms with Crippen molar-refractivity contribution >= 4 is 23.7 Å². The average molecular weight is 755 g/mol. The maximum atomic E-state index is 14.5. The average Bonchev–Trinajstić information content (AvgIpc) is 3.00. The molecule has 5 atom stereocenters. The van der Waals surface area contributed by atoms with Gasteiger partial charge in [-0.2, -0.15) is 0 Å². The monoisotopic (exact) mass is 755 g/mol. The van der Waals surface area contributed by atoms with Gasteiger partial charge in [0, 0.05) is 24.3 Å². The molecule has 1 aliphatic rings. The van der Waals surface area contributed by atoms with Crippen molar-refractivity contribution in [1.82, 2.24) is 10.6 Å². The molecule has 0 radical (unpaired) electrons. The standard InChI is InChI=1S/C42H78N2O9/c1-29-18-16-20-30(2)36(53-35(47)28-44-41(12,13)22-25-51-39(7,8)9)31(3)37(48)42(14,15)32(26-33(45)49-23-17-19-29)52-34(46)27-43-40(10,11)21-24-50-38(4,5)6/h29-32,36,43-44H,16-28H2,1-15H3/t29?,30?,31?,32?,36-/m0/s1. The highest BCUT2D eigenvalue weighted by Crippen LogP contribution is 2.35. The number of ketones is 1. The normalized spacial score (nSPS) is 24.7. The maximum Gasteiger partial charge on any atom is 0.320 e. The third-order valence-electron chi connectivity index (χ3n) is 10.2. The molecule has 4 unspecified atom stereocenters. The molecule has 1 aliphatic heterocycles. The SMILES string of the molecule is CC1CCCOC(=O)CC(OC(=O)CNC(C)(C)CCOC(C)(C)C)C(C)(C)C(=O)C(C)[C@@H](OC(=O)CNC(C)(C)CCOC(C)(C)C)C(C)CCC1. The van der Waals surface area contributed by atoms with Gasteiger partial charge in [0.05, 0.1) is 48.7 Å². The zero-order chi connectivity index (χ0) is 40.8. The summed E-state index contributed by atoms with van der Waals surface area (Å²) in [5.74, 6) is -2.23. The second-order valence-electron chi connectivity index (χ2n) is 19.3. The number of cyclic esters (lactones) is 1. The Kier molecular flexibility index (Phi) is 19.7. The number of carbonyl (C=O) groups is 4. The number of Topliss-reactive ketones (excluding diaryl/α,β-unsaturated/α-hetero) is 1. The number of hydrogen-bond donors (Lipinski definition) is 2. The van der Waals surface area contributed by atoms with E-state index in [9.17, 15) is 19.2 Å². The molecule has 0 spiro atoms. The highest BCUT2D eigenvalue weighted by Gasteiger charge is 2.46. The van der Waals surface area contributed by atoms with Crippen LogP contribution in [0.4, 0.5) is 0 Å². The van der Waals surface area contributed by atoms with Crippen molar-refractivity contribution in [2.45, 2.75) is 190 Å². The van der Waals surface area contributed by atoms with Gasteiger partial charge >= 0.3 is 17.9 Å². The van der Waals surface area contributed by atoms with Crippen LogP contribution in [0.25, 0.3) is 0 Å². The summed E-state index contributed by atoms with van der Waals surface area (Å²) in [6.07, 6.45) is 3.56. The summed E-state index contributed by atoms with van der Waals surface area (Å²) in [6.45, 7) is 30.5. The topological polar surface area (TPSA) is 138 Å². The third-order valence-corrected chi connectivity index (χ3v) is 10.2. The second kappa shape index (κ2) is 21.3. The summed E-state index contributed by atoms with van der Waals surface area (Å²) in [5.41, 5.74) is -2.64. The molecule has 0 aliphatic carbocycles. The van der Waals surface area contributed by atoms with Crippen molar-refractivity contribution < 1.29 is 42.9 Å². The van der Waals surface area contributed by atoms with E-state index in [2.05, 4.69) is 17.6 Å². The van der Waals surface area contributed by atoms with Gasteiger partial charge in [0.15, 0.2) is 0 Å². The molecular weight excluding hydrogens is 676 g/mol. The number of rotatable bonds is 14. The van der Waals surface area contributed by atoms with Crippen molar-refractivity contribution in [1.29, 1.82) is 0 Å². The first-order chi connectivity index (χ1) is 24.1. The molecule has 11 nitrogen and oxygen atoms in total. The number of ether oxygens (including phenoxy) is 5. The van der Waals surface area contributed by atoms with Gasteiger partial charge in [-0.25, -0.2) is 0 Å². The predicted octanol–water partition coefficient (Wildman–Crippen LogP) is 7.36. The summed E-state index contributed by atoms with van der Waals surface area (Å²) >= 11 is 0. The van der Waals surface area contributed by atoms with Gasteiger partial charge < -0.3 is 34.3 Å². The summed E-state index contributed by atoms with van der Waals surface area (Å²) in [6, 6.07) is 0. The fourth-order valence-corrected chi connectivity index (χ4v) is 6.39. The largest absolute Gasteiger partial charge is 0.466 e. The third kappa shape index (κ3) is 20.4. The highest BCUT2D eigenvalue weighted by atomic mass is 16.6. The zero-order valence-electron chi connectivity index (χ0n) is 36.3. The summed E-state index contributed by atoms with van der Waals surface area (Å²) < 4.78 is 29.5. The highest BCUT2D eigenvalue weighted by molar-refractivity contribution is 5.89. The van der Waals surface area contributed by atoms with Crippen molar-refractivity contribution in [3.63, 3.8) is 0 Å². The Morgan fingerprint density at radius 2 is 1.21 bits per heavy atom. The van der Waals surface area contributed by atoms with Crippen LogP contribution in [0.1, 0.15) is 155 Å². The second-order valence-corrected chi connectivity index (χ2v) is 19.3. The molecule has 1 saturated heterocycles. The van der Waals surface area contributed by atoms with E-state index in [-0.39, 0.29) is 54.6 Å². The van der Waals surface area contributed by atoms with E-state index in [1.54, 1.807) is 20.8 Å². The van der Waals surface area contributed by atoms with Crippen molar-refractivity contribution in [2.24, 2.45) is 23.2 Å². The minimum atomic E-state index is -1.30. The van der Waals surface area contributed by atoms with Crippen LogP contribution in [-0.2, 0) is 42.9 Å². The molecule has 0 amide bonds. The Morgan fingerprint density at radius 3 is 1.70 bits per heavy atom. The molecular formula is C42H78N2O9. The Balaban J connectivity index is 3.24. The van der Waals surface area contributed by atoms with Crippen LogP contribution in [0.15, 0.2) is 0 Å². The quantitative estimate of drug-likeness (QED) is 0.136. The van der Waals surface area contributed by atoms with Gasteiger partial charge in [-0.3, -0.25) is 19.2 Å². The number of nitrogens with one attached hydrogen (secondary N) is 2. The van der Waals surface area contributed by atoms with Gasteiger partial charge in [0.25, 0.3) is 0 Å². The first-order valence-corrected chi connectivity index (χ1v) is 20.0. The Bertz CT molecular complexity index is 1150. The Hall–Kier alpha value is -2.08. The van der Waals surface area contributed by atoms with E-state index in [0.29, 0.717) is 32.0 Å². The molecule has 11 heteroatoms.